The number of carbonyl (C=O) groups excluding carboxylic acids is 2. The molecule has 1 saturated heterocycles. The fourth-order valence-corrected chi connectivity index (χ4v) is 3.72. The number of fused-ring (bicyclic) bond motifs is 1. The lowest BCUT2D eigenvalue weighted by Gasteiger charge is -2.16. The van der Waals surface area contributed by atoms with Crippen LogP contribution in [0.5, 0.6) is 0 Å². The SMILES string of the molecule is O=C(NCc1nnc2n1CCCCC2)C1CC(=O)N(CC2CC2)C1. The van der Waals surface area contributed by atoms with Crippen LogP contribution in [0.15, 0.2) is 0 Å². The first-order chi connectivity index (χ1) is 11.7. The summed E-state index contributed by atoms with van der Waals surface area (Å²) in [4.78, 5) is 26.3. The Kier molecular flexibility index (Phi) is 4.24. The zero-order valence-corrected chi connectivity index (χ0v) is 14.0. The number of aromatic nitrogens is 3. The molecule has 1 N–H and O–H groups in total. The van der Waals surface area contributed by atoms with Crippen LogP contribution in [-0.4, -0.2) is 44.6 Å². The van der Waals surface area contributed by atoms with E-state index in [0.717, 1.165) is 44.0 Å². The summed E-state index contributed by atoms with van der Waals surface area (Å²) in [5.41, 5.74) is 0. The Labute approximate surface area is 141 Å². The van der Waals surface area contributed by atoms with Crippen molar-refractivity contribution in [2.24, 2.45) is 11.8 Å². The maximum Gasteiger partial charge on any atom is 0.225 e. The molecule has 7 heteroatoms. The highest BCUT2D eigenvalue weighted by atomic mass is 16.2. The molecule has 3 heterocycles. The maximum atomic E-state index is 12.4. The molecule has 1 aromatic heterocycles. The topological polar surface area (TPSA) is 80.1 Å². The molecular weight excluding hydrogens is 306 g/mol. The number of rotatable bonds is 5. The molecule has 2 fully saturated rings. The van der Waals surface area contributed by atoms with Gasteiger partial charge in [0.25, 0.3) is 0 Å². The third-order valence-corrected chi connectivity index (χ3v) is 5.37. The molecule has 0 aromatic carbocycles. The first-order valence-corrected chi connectivity index (χ1v) is 9.17. The van der Waals surface area contributed by atoms with Crippen LogP contribution in [0.1, 0.15) is 50.2 Å². The summed E-state index contributed by atoms with van der Waals surface area (Å²) in [5, 5.41) is 11.5. The van der Waals surface area contributed by atoms with Gasteiger partial charge in [0.1, 0.15) is 5.82 Å². The van der Waals surface area contributed by atoms with Crippen LogP contribution in [-0.2, 0) is 29.1 Å². The Morgan fingerprint density at radius 2 is 2.08 bits per heavy atom. The minimum atomic E-state index is -0.220. The third-order valence-electron chi connectivity index (χ3n) is 5.37. The molecule has 1 saturated carbocycles. The van der Waals surface area contributed by atoms with Gasteiger partial charge in [0.15, 0.2) is 5.82 Å². The maximum absolute atomic E-state index is 12.4. The number of carbonyl (C=O) groups is 2. The Hall–Kier alpha value is -1.92. The van der Waals surface area contributed by atoms with E-state index in [9.17, 15) is 9.59 Å². The first kappa shape index (κ1) is 15.6. The number of hydrogen-bond acceptors (Lipinski definition) is 4. The lowest BCUT2D eigenvalue weighted by atomic mass is 10.1. The second-order valence-electron chi connectivity index (χ2n) is 7.36. The molecule has 1 aliphatic carbocycles. The third kappa shape index (κ3) is 3.30. The summed E-state index contributed by atoms with van der Waals surface area (Å²) >= 11 is 0. The summed E-state index contributed by atoms with van der Waals surface area (Å²) in [6, 6.07) is 0. The summed E-state index contributed by atoms with van der Waals surface area (Å²) < 4.78 is 2.15. The molecule has 130 valence electrons. The monoisotopic (exact) mass is 331 g/mol. The van der Waals surface area contributed by atoms with Gasteiger partial charge < -0.3 is 14.8 Å². The van der Waals surface area contributed by atoms with Crippen molar-refractivity contribution in [1.29, 1.82) is 0 Å². The number of nitrogens with zero attached hydrogens (tertiary/aromatic N) is 4. The number of hydrogen-bond donors (Lipinski definition) is 1. The zero-order valence-electron chi connectivity index (χ0n) is 14.0. The highest BCUT2D eigenvalue weighted by Crippen LogP contribution is 2.32. The Balaban J connectivity index is 1.32. The molecule has 0 radical (unpaired) electrons. The Bertz CT molecular complexity index is 637. The predicted octanol–water partition coefficient (Wildman–Crippen LogP) is 0.879. The van der Waals surface area contributed by atoms with Crippen LogP contribution >= 0.6 is 0 Å². The van der Waals surface area contributed by atoms with Crippen molar-refractivity contribution in [1.82, 2.24) is 25.0 Å². The fraction of sp³-hybridized carbons (Fsp3) is 0.765. The van der Waals surface area contributed by atoms with Gasteiger partial charge >= 0.3 is 0 Å². The molecule has 4 rings (SSSR count). The Morgan fingerprint density at radius 1 is 1.21 bits per heavy atom. The van der Waals surface area contributed by atoms with Crippen LogP contribution in [0.2, 0.25) is 0 Å². The fourth-order valence-electron chi connectivity index (χ4n) is 3.72. The van der Waals surface area contributed by atoms with E-state index in [0.29, 0.717) is 25.4 Å². The molecule has 2 aliphatic heterocycles. The normalized spacial score (nSPS) is 23.9. The number of aryl methyl sites for hydroxylation is 1. The lowest BCUT2D eigenvalue weighted by Crippen LogP contribution is -2.34. The largest absolute Gasteiger partial charge is 0.348 e. The molecular formula is C17H25N5O2. The van der Waals surface area contributed by atoms with Crippen LogP contribution in [0.25, 0.3) is 0 Å². The minimum absolute atomic E-state index is 0.0346. The Morgan fingerprint density at radius 3 is 2.92 bits per heavy atom. The average Bonchev–Trinajstić information content (AvgIpc) is 3.27. The van der Waals surface area contributed by atoms with Gasteiger partial charge in [-0.1, -0.05) is 6.42 Å². The zero-order chi connectivity index (χ0) is 16.5. The van der Waals surface area contributed by atoms with Crippen molar-refractivity contribution in [3.63, 3.8) is 0 Å². The number of nitrogens with one attached hydrogen (secondary N) is 1. The predicted molar refractivity (Wildman–Crippen MR) is 86.8 cm³/mol. The summed E-state index contributed by atoms with van der Waals surface area (Å²) in [6.07, 6.45) is 7.27. The van der Waals surface area contributed by atoms with E-state index in [4.69, 9.17) is 0 Å². The van der Waals surface area contributed by atoms with E-state index in [1.165, 1.54) is 19.3 Å². The standard InChI is InChI=1S/C17H25N5O2/c23-16-8-13(11-21(16)10-12-5-6-12)17(24)18-9-15-20-19-14-4-2-1-3-7-22(14)15/h12-13H,1-11H2,(H,18,24). The first-order valence-electron chi connectivity index (χ1n) is 9.17. The van der Waals surface area contributed by atoms with Crippen LogP contribution < -0.4 is 5.32 Å². The van der Waals surface area contributed by atoms with Crippen molar-refractivity contribution in [2.45, 2.75) is 58.0 Å². The van der Waals surface area contributed by atoms with Gasteiger partial charge in [0.05, 0.1) is 12.5 Å². The van der Waals surface area contributed by atoms with Gasteiger partial charge in [-0.15, -0.1) is 10.2 Å². The van der Waals surface area contributed by atoms with E-state index in [2.05, 4.69) is 20.1 Å². The van der Waals surface area contributed by atoms with Crippen molar-refractivity contribution in [2.75, 3.05) is 13.1 Å². The summed E-state index contributed by atoms with van der Waals surface area (Å²) in [6.45, 7) is 2.74. The van der Waals surface area contributed by atoms with Gasteiger partial charge in [0.2, 0.25) is 11.8 Å². The highest BCUT2D eigenvalue weighted by Gasteiger charge is 2.37. The molecule has 7 nitrogen and oxygen atoms in total. The molecule has 2 amide bonds. The van der Waals surface area contributed by atoms with Crippen molar-refractivity contribution >= 4 is 11.8 Å². The molecule has 1 aromatic rings. The molecule has 1 unspecified atom stereocenters. The second kappa shape index (κ2) is 6.53. The number of amides is 2. The van der Waals surface area contributed by atoms with Gasteiger partial charge in [0, 0.05) is 32.5 Å². The molecule has 0 spiro atoms. The molecule has 3 aliphatic rings. The van der Waals surface area contributed by atoms with E-state index >= 15 is 0 Å². The quantitative estimate of drug-likeness (QED) is 0.868. The molecule has 0 bridgehead atoms. The molecule has 24 heavy (non-hydrogen) atoms. The van der Waals surface area contributed by atoms with Gasteiger partial charge in [-0.3, -0.25) is 9.59 Å². The van der Waals surface area contributed by atoms with Crippen LogP contribution in [0.4, 0.5) is 0 Å². The average molecular weight is 331 g/mol. The van der Waals surface area contributed by atoms with E-state index < -0.39 is 0 Å². The summed E-state index contributed by atoms with van der Waals surface area (Å²) in [5.74, 6) is 2.40. The second-order valence-corrected chi connectivity index (χ2v) is 7.36. The van der Waals surface area contributed by atoms with E-state index in [1.807, 2.05) is 4.90 Å². The number of likely N-dealkylation sites (tertiary alicyclic amines) is 1. The highest BCUT2D eigenvalue weighted by molar-refractivity contribution is 5.89. The van der Waals surface area contributed by atoms with Crippen molar-refractivity contribution in [3.8, 4) is 0 Å². The smallest absolute Gasteiger partial charge is 0.225 e. The van der Waals surface area contributed by atoms with E-state index in [1.54, 1.807) is 0 Å². The van der Waals surface area contributed by atoms with Gasteiger partial charge in [-0.05, 0) is 31.6 Å². The van der Waals surface area contributed by atoms with E-state index in [-0.39, 0.29) is 17.7 Å². The van der Waals surface area contributed by atoms with Crippen LogP contribution in [0.3, 0.4) is 0 Å². The van der Waals surface area contributed by atoms with Crippen molar-refractivity contribution < 1.29 is 9.59 Å². The minimum Gasteiger partial charge on any atom is -0.348 e. The van der Waals surface area contributed by atoms with Gasteiger partial charge in [-0.25, -0.2) is 0 Å². The molecule has 1 atom stereocenters. The summed E-state index contributed by atoms with van der Waals surface area (Å²) in [7, 11) is 0. The van der Waals surface area contributed by atoms with Crippen molar-refractivity contribution in [3.05, 3.63) is 11.6 Å². The lowest BCUT2D eigenvalue weighted by molar-refractivity contribution is -0.129. The van der Waals surface area contributed by atoms with Gasteiger partial charge in [-0.2, -0.15) is 0 Å². The van der Waals surface area contributed by atoms with Crippen LogP contribution in [0, 0.1) is 11.8 Å².